The van der Waals surface area contributed by atoms with Gasteiger partial charge in [-0.3, -0.25) is 0 Å². The van der Waals surface area contributed by atoms with Crippen LogP contribution in [-0.4, -0.2) is 65.3 Å². The van der Waals surface area contributed by atoms with Gasteiger partial charge < -0.3 is 9.84 Å². The van der Waals surface area contributed by atoms with Crippen molar-refractivity contribution in [2.45, 2.75) is 47.6 Å². The fraction of sp³-hybridized carbons (Fsp3) is 0.562. The van der Waals surface area contributed by atoms with E-state index in [-0.39, 0.29) is 12.1 Å². The van der Waals surface area contributed by atoms with Crippen LogP contribution in [-0.2, 0) is 0 Å². The molecule has 1 N–H and O–H groups in total. The monoisotopic (exact) mass is 570 g/mol. The summed E-state index contributed by atoms with van der Waals surface area (Å²) < 4.78 is 230. The van der Waals surface area contributed by atoms with E-state index in [4.69, 9.17) is 5.11 Å². The van der Waals surface area contributed by atoms with E-state index >= 15 is 0 Å². The minimum atomic E-state index is -8.66. The van der Waals surface area contributed by atoms with Gasteiger partial charge in [-0.05, 0) is 24.3 Å². The molecule has 0 aliphatic carbocycles. The van der Waals surface area contributed by atoms with Crippen molar-refractivity contribution in [1.82, 2.24) is 0 Å². The second-order valence-electron chi connectivity index (χ2n) is 6.73. The fourth-order valence-electron chi connectivity index (χ4n) is 2.16. The van der Waals surface area contributed by atoms with E-state index in [0.717, 1.165) is 0 Å². The predicted octanol–water partition coefficient (Wildman–Crippen LogP) is 6.77. The number of ether oxygens (including phenoxy) is 1. The maximum atomic E-state index is 13.7. The average molecular weight is 570 g/mol. The van der Waals surface area contributed by atoms with Crippen LogP contribution in [0.3, 0.4) is 0 Å². The fourth-order valence-corrected chi connectivity index (χ4v) is 2.16. The third-order valence-electron chi connectivity index (χ3n) is 4.31. The van der Waals surface area contributed by atoms with E-state index < -0.39 is 71.5 Å². The highest BCUT2D eigenvalue weighted by atomic mass is 19.4. The Morgan fingerprint density at radius 3 is 1.28 bits per heavy atom. The van der Waals surface area contributed by atoms with Crippen molar-refractivity contribution < 1.29 is 89.3 Å². The predicted molar refractivity (Wildman–Crippen MR) is 79.6 cm³/mol. The number of hydrogen-bond donors (Lipinski definition) is 1. The molecule has 0 radical (unpaired) electrons. The second kappa shape index (κ2) is 8.70. The second-order valence-corrected chi connectivity index (χ2v) is 6.73. The van der Waals surface area contributed by atoms with Crippen LogP contribution in [0.2, 0.25) is 0 Å². The number of alkyl halides is 17. The minimum absolute atomic E-state index is 0.0338. The zero-order chi connectivity index (χ0) is 29.0. The summed E-state index contributed by atoms with van der Waals surface area (Å²) in [7, 11) is 0. The summed E-state index contributed by atoms with van der Waals surface area (Å²) in [5.41, 5.74) is -0.776. The Labute approximate surface area is 186 Å². The molecule has 0 aliphatic heterocycles. The van der Waals surface area contributed by atoms with E-state index in [1.54, 1.807) is 0 Å². The van der Waals surface area contributed by atoms with Gasteiger partial charge in [-0.15, -0.1) is 0 Å². The normalized spacial score (nSPS) is 15.1. The molecule has 3 nitrogen and oxygen atoms in total. The third kappa shape index (κ3) is 4.24. The first-order valence-corrected chi connectivity index (χ1v) is 8.30. The number of rotatable bonds is 11. The summed E-state index contributed by atoms with van der Waals surface area (Å²) in [6, 6.07) is 0.652. The Bertz CT molecular complexity index is 955. The summed E-state index contributed by atoms with van der Waals surface area (Å²) >= 11 is 0. The molecule has 0 saturated heterocycles. The first-order chi connectivity index (χ1) is 15.7. The van der Waals surface area contributed by atoms with Gasteiger partial charge in [-0.1, -0.05) is 0 Å². The molecule has 0 fully saturated rings. The lowest BCUT2D eigenvalue weighted by Gasteiger charge is -2.43. The van der Waals surface area contributed by atoms with E-state index in [1.807, 2.05) is 0 Å². The molecule has 0 spiro atoms. The van der Waals surface area contributed by atoms with Crippen LogP contribution in [0, 0.1) is 0 Å². The number of halogens is 17. The van der Waals surface area contributed by atoms with Crippen LogP contribution in [0.1, 0.15) is 10.4 Å². The van der Waals surface area contributed by atoms with Gasteiger partial charge in [0.2, 0.25) is 0 Å². The van der Waals surface area contributed by atoms with Crippen molar-refractivity contribution in [2.75, 3.05) is 6.67 Å². The molecule has 36 heavy (non-hydrogen) atoms. The molecule has 0 saturated carbocycles. The average Bonchev–Trinajstić information content (AvgIpc) is 2.72. The van der Waals surface area contributed by atoms with Crippen LogP contribution in [0.15, 0.2) is 24.3 Å². The molecule has 0 heterocycles. The van der Waals surface area contributed by atoms with E-state index in [9.17, 15) is 79.4 Å². The summed E-state index contributed by atoms with van der Waals surface area (Å²) in [6.07, 6.45) is -7.05. The van der Waals surface area contributed by atoms with E-state index in [0.29, 0.717) is 12.1 Å². The van der Waals surface area contributed by atoms with Gasteiger partial charge in [-0.2, -0.15) is 70.2 Å². The highest BCUT2D eigenvalue weighted by molar-refractivity contribution is 5.87. The van der Waals surface area contributed by atoms with Crippen LogP contribution in [0.4, 0.5) is 74.6 Å². The van der Waals surface area contributed by atoms with Crippen LogP contribution in [0.25, 0.3) is 0 Å². The Kier molecular flexibility index (Phi) is 7.57. The largest absolute Gasteiger partial charge is 0.478 e. The maximum absolute atomic E-state index is 13.7. The number of hydrogen-bond acceptors (Lipinski definition) is 2. The lowest BCUT2D eigenvalue weighted by Crippen LogP contribution is -2.75. The molecule has 0 aromatic heterocycles. The number of aromatic carboxylic acids is 1. The highest BCUT2D eigenvalue weighted by Gasteiger charge is 2.95. The summed E-state index contributed by atoms with van der Waals surface area (Å²) in [5, 5.41) is 8.55. The van der Waals surface area contributed by atoms with E-state index in [1.165, 1.54) is 0 Å². The van der Waals surface area contributed by atoms with Crippen molar-refractivity contribution >= 4 is 5.97 Å². The van der Waals surface area contributed by atoms with Crippen molar-refractivity contribution in [3.8, 4) is 5.75 Å². The molecule has 0 bridgehead atoms. The number of carbonyl (C=O) groups is 1. The van der Waals surface area contributed by atoms with Gasteiger partial charge >= 0.3 is 53.5 Å². The van der Waals surface area contributed by atoms with Gasteiger partial charge in [0.05, 0.1) is 5.56 Å². The number of carboxylic acids is 1. The minimum Gasteiger partial charge on any atom is -0.478 e. The van der Waals surface area contributed by atoms with Crippen molar-refractivity contribution in [3.05, 3.63) is 29.8 Å². The molecule has 0 aliphatic rings. The first kappa shape index (κ1) is 31.3. The zero-order valence-corrected chi connectivity index (χ0v) is 16.2. The molecular weight excluding hydrogens is 563 g/mol. The number of carboxylic acid groups (broad SMARTS) is 1. The Morgan fingerprint density at radius 1 is 0.611 bits per heavy atom. The molecule has 1 aromatic rings. The zero-order valence-electron chi connectivity index (χ0n) is 16.2. The molecule has 0 amide bonds. The SMILES string of the molecule is O=C(O)c1ccc(OC(F)(F)C(F)(F)C(F)(F)C(F)(F)C(F)(F)C(F)(F)C(F)(F)C(F)(F)CF)cc1. The Morgan fingerprint density at radius 2 is 0.944 bits per heavy atom. The van der Waals surface area contributed by atoms with Crippen LogP contribution in [0.5, 0.6) is 5.75 Å². The quantitative estimate of drug-likeness (QED) is 0.299. The molecular formula is C16H7F17O3. The van der Waals surface area contributed by atoms with Gasteiger partial charge in [0.25, 0.3) is 0 Å². The highest BCUT2D eigenvalue weighted by Crippen LogP contribution is 2.63. The molecule has 20 heteroatoms. The van der Waals surface area contributed by atoms with Gasteiger partial charge in [-0.25, -0.2) is 9.18 Å². The van der Waals surface area contributed by atoms with Gasteiger partial charge in [0.1, 0.15) is 5.75 Å². The molecule has 208 valence electrons. The lowest BCUT2D eigenvalue weighted by atomic mass is 9.89. The summed E-state index contributed by atoms with van der Waals surface area (Å²) in [5.74, 6) is -60.6. The van der Waals surface area contributed by atoms with E-state index in [2.05, 4.69) is 4.74 Å². The third-order valence-corrected chi connectivity index (χ3v) is 4.31. The molecule has 1 rings (SSSR count). The van der Waals surface area contributed by atoms with Crippen molar-refractivity contribution in [2.24, 2.45) is 0 Å². The van der Waals surface area contributed by atoms with Gasteiger partial charge in [0, 0.05) is 0 Å². The van der Waals surface area contributed by atoms with Crippen LogP contribution >= 0.6 is 0 Å². The number of benzene rings is 1. The topological polar surface area (TPSA) is 46.5 Å². The molecule has 1 aromatic carbocycles. The Balaban J connectivity index is 3.56. The smallest absolute Gasteiger partial charge is 0.471 e. The van der Waals surface area contributed by atoms with Crippen molar-refractivity contribution in [3.63, 3.8) is 0 Å². The summed E-state index contributed by atoms with van der Waals surface area (Å²) in [6.45, 7) is -3.96. The van der Waals surface area contributed by atoms with Crippen molar-refractivity contribution in [1.29, 1.82) is 0 Å². The maximum Gasteiger partial charge on any atom is 0.471 e. The lowest BCUT2D eigenvalue weighted by molar-refractivity contribution is -0.465. The molecule has 0 unspecified atom stereocenters. The standard InChI is InChI=1S/C16H7F17O3/c17-5-9(18,19)10(20,21)11(22,23)12(24,25)13(26,27)14(28,29)15(30,31)16(32,33)36-7-3-1-6(2-4-7)8(34)35/h1-4H,5H2,(H,34,35). The van der Waals surface area contributed by atoms with Gasteiger partial charge in [0.15, 0.2) is 6.67 Å². The Hall–Kier alpha value is -2.70. The molecule has 0 atom stereocenters. The van der Waals surface area contributed by atoms with Crippen LogP contribution < -0.4 is 4.74 Å². The first-order valence-electron chi connectivity index (χ1n) is 8.30. The summed E-state index contributed by atoms with van der Waals surface area (Å²) in [4.78, 5) is 10.6.